The Morgan fingerprint density at radius 2 is 1.86 bits per heavy atom. The summed E-state index contributed by atoms with van der Waals surface area (Å²) >= 11 is 4.90. The fourth-order valence-corrected chi connectivity index (χ4v) is 2.29. The van der Waals surface area contributed by atoms with Crippen molar-refractivity contribution in [3.05, 3.63) is 71.4 Å². The molecule has 1 amide bonds. The topological polar surface area (TPSA) is 50.4 Å². The lowest BCUT2D eigenvalue weighted by Crippen LogP contribution is -2.21. The van der Waals surface area contributed by atoms with E-state index in [-0.39, 0.29) is 5.91 Å². The summed E-state index contributed by atoms with van der Waals surface area (Å²) in [6, 6.07) is 17.5. The molecule has 0 aliphatic carbocycles. The number of hydrogen-bond acceptors (Lipinski definition) is 3. The fraction of sp³-hybridized carbons (Fsp3) is 0.0588. The minimum Gasteiger partial charge on any atom is -0.489 e. The smallest absolute Gasteiger partial charge is 0.273 e. The largest absolute Gasteiger partial charge is 0.489 e. The molecule has 2 aromatic carbocycles. The third kappa shape index (κ3) is 3.51. The van der Waals surface area contributed by atoms with Crippen molar-refractivity contribution in [3.8, 4) is 5.75 Å². The normalized spacial score (nSPS) is 15.5. The molecular formula is C17H14N2O2S. The lowest BCUT2D eigenvalue weighted by Gasteiger charge is -2.07. The Morgan fingerprint density at radius 3 is 2.59 bits per heavy atom. The Labute approximate surface area is 133 Å². The molecule has 1 fully saturated rings. The van der Waals surface area contributed by atoms with Gasteiger partial charge in [0.1, 0.15) is 18.1 Å². The molecule has 1 aliphatic heterocycles. The molecule has 2 N–H and O–H groups in total. The van der Waals surface area contributed by atoms with E-state index < -0.39 is 0 Å². The summed E-state index contributed by atoms with van der Waals surface area (Å²) in [5, 5.41) is 5.68. The highest BCUT2D eigenvalue weighted by molar-refractivity contribution is 7.80. The van der Waals surface area contributed by atoms with Crippen LogP contribution >= 0.6 is 12.2 Å². The van der Waals surface area contributed by atoms with Gasteiger partial charge >= 0.3 is 0 Å². The van der Waals surface area contributed by atoms with Gasteiger partial charge in [-0.3, -0.25) is 10.1 Å². The molecule has 0 unspecified atom stereocenters. The highest BCUT2D eigenvalue weighted by Gasteiger charge is 2.19. The van der Waals surface area contributed by atoms with Crippen molar-refractivity contribution in [2.24, 2.45) is 0 Å². The van der Waals surface area contributed by atoms with Gasteiger partial charge in [0.2, 0.25) is 0 Å². The summed E-state index contributed by atoms with van der Waals surface area (Å²) in [5.74, 6) is 0.528. The maximum absolute atomic E-state index is 11.6. The average Bonchev–Trinajstić information content (AvgIpc) is 2.84. The van der Waals surface area contributed by atoms with Crippen LogP contribution < -0.4 is 15.4 Å². The van der Waals surface area contributed by atoms with Gasteiger partial charge in [-0.05, 0) is 41.6 Å². The van der Waals surface area contributed by atoms with E-state index in [9.17, 15) is 4.79 Å². The van der Waals surface area contributed by atoms with Crippen molar-refractivity contribution in [3.63, 3.8) is 0 Å². The Balaban J connectivity index is 1.71. The minimum absolute atomic E-state index is 0.222. The van der Waals surface area contributed by atoms with E-state index in [4.69, 9.17) is 17.0 Å². The third-order valence-corrected chi connectivity index (χ3v) is 3.34. The average molecular weight is 310 g/mol. The maximum Gasteiger partial charge on any atom is 0.273 e. The van der Waals surface area contributed by atoms with E-state index in [0.29, 0.717) is 17.4 Å². The zero-order chi connectivity index (χ0) is 15.4. The van der Waals surface area contributed by atoms with E-state index >= 15 is 0 Å². The lowest BCUT2D eigenvalue weighted by atomic mass is 10.2. The molecule has 110 valence electrons. The molecule has 0 bridgehead atoms. The van der Waals surface area contributed by atoms with Crippen molar-refractivity contribution in [2.75, 3.05) is 0 Å². The Kier molecular flexibility index (Phi) is 4.16. The number of benzene rings is 2. The molecule has 3 rings (SSSR count). The van der Waals surface area contributed by atoms with Gasteiger partial charge in [0.15, 0.2) is 5.11 Å². The van der Waals surface area contributed by atoms with Crippen molar-refractivity contribution in [1.82, 2.24) is 10.6 Å². The Bertz CT molecular complexity index is 741. The summed E-state index contributed by atoms with van der Waals surface area (Å²) in [5.41, 5.74) is 2.41. The molecule has 0 aromatic heterocycles. The van der Waals surface area contributed by atoms with Crippen LogP contribution in [-0.4, -0.2) is 11.0 Å². The highest BCUT2D eigenvalue weighted by atomic mass is 32.1. The number of carbonyl (C=O) groups excluding carboxylic acids is 1. The lowest BCUT2D eigenvalue weighted by molar-refractivity contribution is -0.115. The van der Waals surface area contributed by atoms with E-state index in [0.717, 1.165) is 16.9 Å². The molecule has 1 heterocycles. The van der Waals surface area contributed by atoms with Gasteiger partial charge in [0.25, 0.3) is 5.91 Å². The SMILES string of the molecule is O=C1NC(=S)N/C1=C\c1cccc(OCc2ccccc2)c1. The molecule has 1 saturated heterocycles. The summed E-state index contributed by atoms with van der Waals surface area (Å²) in [7, 11) is 0. The summed E-state index contributed by atoms with van der Waals surface area (Å²) < 4.78 is 5.77. The van der Waals surface area contributed by atoms with E-state index in [1.807, 2.05) is 54.6 Å². The van der Waals surface area contributed by atoms with Gasteiger partial charge in [0, 0.05) is 0 Å². The van der Waals surface area contributed by atoms with Crippen LogP contribution in [-0.2, 0) is 11.4 Å². The van der Waals surface area contributed by atoms with E-state index in [1.165, 1.54) is 0 Å². The quantitative estimate of drug-likeness (QED) is 0.673. The molecule has 0 atom stereocenters. The van der Waals surface area contributed by atoms with Crippen molar-refractivity contribution < 1.29 is 9.53 Å². The predicted molar refractivity (Wildman–Crippen MR) is 89.1 cm³/mol. The molecule has 4 nitrogen and oxygen atoms in total. The van der Waals surface area contributed by atoms with Gasteiger partial charge in [-0.25, -0.2) is 0 Å². The number of ether oxygens (including phenoxy) is 1. The first kappa shape index (κ1) is 14.3. The van der Waals surface area contributed by atoms with Crippen molar-refractivity contribution in [1.29, 1.82) is 0 Å². The van der Waals surface area contributed by atoms with Crippen molar-refractivity contribution in [2.45, 2.75) is 6.61 Å². The number of nitrogens with one attached hydrogen (secondary N) is 2. The number of carbonyl (C=O) groups is 1. The maximum atomic E-state index is 11.6. The minimum atomic E-state index is -0.222. The number of hydrogen-bond donors (Lipinski definition) is 2. The Morgan fingerprint density at radius 1 is 1.05 bits per heavy atom. The monoisotopic (exact) mass is 310 g/mol. The summed E-state index contributed by atoms with van der Waals surface area (Å²) in [6.45, 7) is 0.504. The van der Waals surface area contributed by atoms with Gasteiger partial charge in [-0.15, -0.1) is 0 Å². The van der Waals surface area contributed by atoms with Gasteiger partial charge < -0.3 is 10.1 Å². The number of rotatable bonds is 4. The first-order valence-electron chi connectivity index (χ1n) is 6.81. The molecule has 22 heavy (non-hydrogen) atoms. The highest BCUT2D eigenvalue weighted by Crippen LogP contribution is 2.17. The Hall–Kier alpha value is -2.66. The number of amides is 1. The molecular weight excluding hydrogens is 296 g/mol. The number of thiocarbonyl (C=S) groups is 1. The van der Waals surface area contributed by atoms with Crippen LogP contribution in [0.3, 0.4) is 0 Å². The van der Waals surface area contributed by atoms with Gasteiger partial charge in [-0.1, -0.05) is 42.5 Å². The molecule has 1 aliphatic rings. The van der Waals surface area contributed by atoms with Crippen LogP contribution in [0.15, 0.2) is 60.3 Å². The van der Waals surface area contributed by atoms with Crippen LogP contribution in [0.5, 0.6) is 5.75 Å². The second kappa shape index (κ2) is 6.41. The summed E-state index contributed by atoms with van der Waals surface area (Å²) in [4.78, 5) is 11.6. The van der Waals surface area contributed by atoms with Crippen LogP contribution in [0.4, 0.5) is 0 Å². The molecule has 0 spiro atoms. The summed E-state index contributed by atoms with van der Waals surface area (Å²) in [6.07, 6.45) is 1.74. The zero-order valence-corrected chi connectivity index (χ0v) is 12.5. The molecule has 5 heteroatoms. The van der Waals surface area contributed by atoms with Gasteiger partial charge in [0.05, 0.1) is 0 Å². The van der Waals surface area contributed by atoms with Crippen LogP contribution in [0.25, 0.3) is 6.08 Å². The zero-order valence-electron chi connectivity index (χ0n) is 11.7. The molecule has 0 radical (unpaired) electrons. The van der Waals surface area contributed by atoms with Gasteiger partial charge in [-0.2, -0.15) is 0 Å². The van der Waals surface area contributed by atoms with Crippen LogP contribution in [0, 0.1) is 0 Å². The predicted octanol–water partition coefficient (Wildman–Crippen LogP) is 2.61. The second-order valence-electron chi connectivity index (χ2n) is 4.81. The van der Waals surface area contributed by atoms with E-state index in [1.54, 1.807) is 6.08 Å². The third-order valence-electron chi connectivity index (χ3n) is 3.14. The van der Waals surface area contributed by atoms with Crippen molar-refractivity contribution >= 4 is 29.3 Å². The van der Waals surface area contributed by atoms with Crippen LogP contribution in [0.1, 0.15) is 11.1 Å². The van der Waals surface area contributed by atoms with E-state index in [2.05, 4.69) is 10.6 Å². The first-order valence-corrected chi connectivity index (χ1v) is 7.22. The van der Waals surface area contributed by atoms with Crippen LogP contribution in [0.2, 0.25) is 0 Å². The molecule has 2 aromatic rings. The second-order valence-corrected chi connectivity index (χ2v) is 5.22. The fourth-order valence-electron chi connectivity index (χ4n) is 2.08. The molecule has 0 saturated carbocycles. The standard InChI is InChI=1S/C17H14N2O2S/c20-16-15(18-17(22)19-16)10-13-7-4-8-14(9-13)21-11-12-5-2-1-3-6-12/h1-10H,11H2,(H2,18,19,20,22)/b15-10-. The first-order chi connectivity index (χ1) is 10.7.